The molecule has 0 aliphatic carbocycles. The second-order valence-corrected chi connectivity index (χ2v) is 4.99. The van der Waals surface area contributed by atoms with E-state index in [2.05, 4.69) is 11.1 Å². The van der Waals surface area contributed by atoms with Crippen LogP contribution in [0.5, 0.6) is 0 Å². The van der Waals surface area contributed by atoms with E-state index in [1.54, 1.807) is 5.38 Å². The smallest absolute Gasteiger partial charge is 0.199 e. The van der Waals surface area contributed by atoms with Crippen LogP contribution in [0.4, 0.5) is 0 Å². The number of hydrogen-bond acceptors (Lipinski definition) is 4. The second-order valence-electron chi connectivity index (χ2n) is 3.93. The molecule has 3 nitrogen and oxygen atoms in total. The van der Waals surface area contributed by atoms with Crippen LogP contribution in [0.15, 0.2) is 5.38 Å². The van der Waals surface area contributed by atoms with Crippen molar-refractivity contribution in [1.29, 1.82) is 5.26 Å². The number of ketones is 1. The maximum absolute atomic E-state index is 11.8. The molecule has 4 heteroatoms. The molecule has 1 atom stereocenters. The summed E-state index contributed by atoms with van der Waals surface area (Å²) in [4.78, 5) is 16.0. The van der Waals surface area contributed by atoms with Crippen molar-refractivity contribution in [3.05, 3.63) is 16.1 Å². The zero-order chi connectivity index (χ0) is 11.4. The molecule has 1 aromatic heterocycles. The van der Waals surface area contributed by atoms with Crippen molar-refractivity contribution in [2.24, 2.45) is 11.8 Å². The van der Waals surface area contributed by atoms with Gasteiger partial charge >= 0.3 is 0 Å². The summed E-state index contributed by atoms with van der Waals surface area (Å²) in [6.45, 7) is 5.86. The third-order valence-corrected chi connectivity index (χ3v) is 2.82. The van der Waals surface area contributed by atoms with Gasteiger partial charge in [0.25, 0.3) is 0 Å². The van der Waals surface area contributed by atoms with Gasteiger partial charge in [0.2, 0.25) is 0 Å². The minimum absolute atomic E-state index is 0.143. The molecular formula is C11H14N2OS. The molecular weight excluding hydrogens is 208 g/mol. The summed E-state index contributed by atoms with van der Waals surface area (Å²) in [6, 6.07) is 2.06. The van der Waals surface area contributed by atoms with Crippen LogP contribution in [-0.4, -0.2) is 10.8 Å². The Labute approximate surface area is 93.8 Å². The number of rotatable bonds is 4. The number of aromatic nitrogens is 1. The number of nitrogens with zero attached hydrogens (tertiary/aromatic N) is 2. The first-order valence-electron chi connectivity index (χ1n) is 4.90. The van der Waals surface area contributed by atoms with Gasteiger partial charge in [-0.2, -0.15) is 5.26 Å². The Morgan fingerprint density at radius 3 is 2.73 bits per heavy atom. The number of carbonyl (C=O) groups excluding carboxylic acids is 1. The fraction of sp³-hybridized carbons (Fsp3) is 0.545. The van der Waals surface area contributed by atoms with E-state index in [0.717, 1.165) is 5.01 Å². The van der Waals surface area contributed by atoms with Crippen LogP contribution in [0.1, 0.15) is 35.8 Å². The quantitative estimate of drug-likeness (QED) is 0.736. The Bertz CT molecular complexity index is 390. The molecule has 0 fully saturated rings. The zero-order valence-corrected chi connectivity index (χ0v) is 9.97. The fourth-order valence-electron chi connectivity index (χ4n) is 1.34. The number of nitriles is 1. The monoisotopic (exact) mass is 222 g/mol. The van der Waals surface area contributed by atoms with E-state index in [1.807, 2.05) is 20.8 Å². The second kappa shape index (κ2) is 5.04. The van der Waals surface area contributed by atoms with Gasteiger partial charge in [0.05, 0.1) is 11.1 Å². The van der Waals surface area contributed by atoms with Gasteiger partial charge in [-0.25, -0.2) is 4.98 Å². The minimum Gasteiger partial charge on any atom is -0.291 e. The summed E-state index contributed by atoms with van der Waals surface area (Å²) in [5.41, 5.74) is 0.435. The lowest BCUT2D eigenvalue weighted by Crippen LogP contribution is -2.15. The number of hydrogen-bond donors (Lipinski definition) is 0. The number of thiazole rings is 1. The molecule has 1 heterocycles. The van der Waals surface area contributed by atoms with Crippen LogP contribution in [0.2, 0.25) is 0 Å². The van der Waals surface area contributed by atoms with Crippen LogP contribution in [0, 0.1) is 30.1 Å². The van der Waals surface area contributed by atoms with Gasteiger partial charge in [-0.15, -0.1) is 11.3 Å². The molecule has 15 heavy (non-hydrogen) atoms. The first-order valence-corrected chi connectivity index (χ1v) is 5.78. The summed E-state index contributed by atoms with van der Waals surface area (Å²) in [7, 11) is 0. The van der Waals surface area contributed by atoms with Gasteiger partial charge in [-0.3, -0.25) is 4.79 Å². The molecule has 0 aromatic carbocycles. The topological polar surface area (TPSA) is 53.8 Å². The lowest BCUT2D eigenvalue weighted by Gasteiger charge is -2.08. The van der Waals surface area contributed by atoms with E-state index in [1.165, 1.54) is 11.3 Å². The molecule has 1 aromatic rings. The molecule has 80 valence electrons. The summed E-state index contributed by atoms with van der Waals surface area (Å²) in [5.74, 6) is -0.347. The van der Waals surface area contributed by atoms with Crippen LogP contribution in [0.3, 0.4) is 0 Å². The van der Waals surface area contributed by atoms with E-state index in [9.17, 15) is 4.79 Å². The van der Waals surface area contributed by atoms with Crippen molar-refractivity contribution in [3.63, 3.8) is 0 Å². The number of carbonyl (C=O) groups is 1. The first kappa shape index (κ1) is 11.9. The van der Waals surface area contributed by atoms with Crippen molar-refractivity contribution in [2.45, 2.75) is 27.2 Å². The van der Waals surface area contributed by atoms with E-state index in [0.29, 0.717) is 18.0 Å². The highest BCUT2D eigenvalue weighted by molar-refractivity contribution is 7.09. The first-order chi connectivity index (χ1) is 7.04. The largest absolute Gasteiger partial charge is 0.291 e. The zero-order valence-electron chi connectivity index (χ0n) is 9.15. The highest BCUT2D eigenvalue weighted by Crippen LogP contribution is 2.18. The fourth-order valence-corrected chi connectivity index (χ4v) is 1.95. The van der Waals surface area contributed by atoms with Crippen molar-refractivity contribution in [1.82, 2.24) is 4.98 Å². The Kier molecular flexibility index (Phi) is 3.98. The van der Waals surface area contributed by atoms with Gasteiger partial charge in [-0.1, -0.05) is 13.8 Å². The molecule has 0 aliphatic rings. The van der Waals surface area contributed by atoms with E-state index in [-0.39, 0.29) is 5.78 Å². The molecule has 0 saturated carbocycles. The summed E-state index contributed by atoms with van der Waals surface area (Å²) in [5, 5.41) is 11.5. The Balaban J connectivity index is 2.79. The third-order valence-electron chi connectivity index (χ3n) is 2.05. The average Bonchev–Trinajstić information content (AvgIpc) is 2.60. The normalized spacial score (nSPS) is 12.5. The van der Waals surface area contributed by atoms with Gasteiger partial charge in [0.1, 0.15) is 11.6 Å². The predicted octanol–water partition coefficient (Wildman–Crippen LogP) is 2.82. The molecule has 1 unspecified atom stereocenters. The van der Waals surface area contributed by atoms with Crippen LogP contribution >= 0.6 is 11.3 Å². The van der Waals surface area contributed by atoms with Crippen molar-refractivity contribution in [2.75, 3.05) is 0 Å². The van der Waals surface area contributed by atoms with Gasteiger partial charge < -0.3 is 0 Å². The SMILES string of the molecule is Cc1nc(C(=O)C(C#N)CC(C)C)cs1. The highest BCUT2D eigenvalue weighted by Gasteiger charge is 2.22. The van der Waals surface area contributed by atoms with Crippen molar-refractivity contribution >= 4 is 17.1 Å². The molecule has 0 bridgehead atoms. The highest BCUT2D eigenvalue weighted by atomic mass is 32.1. The maximum Gasteiger partial charge on any atom is 0.199 e. The Hall–Kier alpha value is -1.21. The van der Waals surface area contributed by atoms with Crippen LogP contribution in [0.25, 0.3) is 0 Å². The number of aryl methyl sites for hydroxylation is 1. The molecule has 1 rings (SSSR count). The van der Waals surface area contributed by atoms with E-state index >= 15 is 0 Å². The summed E-state index contributed by atoms with van der Waals surface area (Å²) < 4.78 is 0. The van der Waals surface area contributed by atoms with Crippen molar-refractivity contribution < 1.29 is 4.79 Å². The van der Waals surface area contributed by atoms with Crippen LogP contribution < -0.4 is 0 Å². The van der Waals surface area contributed by atoms with Crippen molar-refractivity contribution in [3.8, 4) is 6.07 Å². The third kappa shape index (κ3) is 3.14. The Morgan fingerprint density at radius 2 is 2.33 bits per heavy atom. The number of Topliss-reactive ketones (excluding diaryl/α,β-unsaturated/α-hetero) is 1. The van der Waals surface area contributed by atoms with E-state index in [4.69, 9.17) is 5.26 Å². The van der Waals surface area contributed by atoms with Gasteiger partial charge in [0, 0.05) is 5.38 Å². The summed E-state index contributed by atoms with van der Waals surface area (Å²) >= 11 is 1.44. The van der Waals surface area contributed by atoms with Gasteiger partial charge in [-0.05, 0) is 19.3 Å². The molecule has 0 amide bonds. The Morgan fingerprint density at radius 1 is 1.67 bits per heavy atom. The minimum atomic E-state index is -0.550. The molecule has 0 N–H and O–H groups in total. The molecule has 0 saturated heterocycles. The predicted molar refractivity (Wildman–Crippen MR) is 59.7 cm³/mol. The molecule has 0 radical (unpaired) electrons. The molecule has 0 aliphatic heterocycles. The lowest BCUT2D eigenvalue weighted by atomic mass is 9.93. The lowest BCUT2D eigenvalue weighted by molar-refractivity contribution is 0.0932. The standard InChI is InChI=1S/C11H14N2OS/c1-7(2)4-9(5-12)11(14)10-6-15-8(3)13-10/h6-7,9H,4H2,1-3H3. The molecule has 0 spiro atoms. The van der Waals surface area contributed by atoms with Crippen LogP contribution in [-0.2, 0) is 0 Å². The van der Waals surface area contributed by atoms with E-state index < -0.39 is 5.92 Å². The average molecular weight is 222 g/mol. The van der Waals surface area contributed by atoms with Gasteiger partial charge in [0.15, 0.2) is 5.78 Å². The maximum atomic E-state index is 11.8. The summed E-state index contributed by atoms with van der Waals surface area (Å²) in [6.07, 6.45) is 0.603.